The molecule has 1 amide bonds. The first-order valence-corrected chi connectivity index (χ1v) is 12.5. The lowest BCUT2D eigenvalue weighted by Gasteiger charge is -2.26. The second-order valence-electron chi connectivity index (χ2n) is 8.58. The molecule has 0 aliphatic carbocycles. The van der Waals surface area contributed by atoms with Gasteiger partial charge in [-0.1, -0.05) is 6.07 Å². The number of hydrogen-bond acceptors (Lipinski definition) is 7. The molecule has 0 saturated carbocycles. The lowest BCUT2D eigenvalue weighted by molar-refractivity contribution is -0.118. The molecule has 10 heteroatoms. The van der Waals surface area contributed by atoms with E-state index >= 15 is 0 Å². The molecule has 2 heterocycles. The Kier molecular flexibility index (Phi) is 6.54. The SMILES string of the molecule is Cc1cnc(Nc2cccc(S(=O)(=O)NC(C)C)c2)nc1Nc1ccc2c(c1)CCC(=O)N2C. The minimum absolute atomic E-state index is 0.118. The summed E-state index contributed by atoms with van der Waals surface area (Å²) in [5, 5.41) is 6.42. The molecule has 3 N–H and O–H groups in total. The Bertz CT molecular complexity index is 1340. The monoisotopic (exact) mass is 480 g/mol. The number of nitrogens with zero attached hydrogens (tertiary/aromatic N) is 3. The molecule has 178 valence electrons. The normalized spacial score (nSPS) is 13.7. The summed E-state index contributed by atoms with van der Waals surface area (Å²) >= 11 is 0. The predicted molar refractivity (Wildman–Crippen MR) is 133 cm³/mol. The number of anilines is 5. The van der Waals surface area contributed by atoms with Crippen LogP contribution in [0.3, 0.4) is 0 Å². The molecule has 4 rings (SSSR count). The van der Waals surface area contributed by atoms with Gasteiger partial charge in [0.15, 0.2) is 0 Å². The highest BCUT2D eigenvalue weighted by molar-refractivity contribution is 7.89. The molecule has 9 nitrogen and oxygen atoms in total. The number of hydrogen-bond donors (Lipinski definition) is 3. The number of nitrogens with one attached hydrogen (secondary N) is 3. The van der Waals surface area contributed by atoms with Crippen LogP contribution in [-0.2, 0) is 21.2 Å². The molecule has 0 spiro atoms. The van der Waals surface area contributed by atoms with Crippen molar-refractivity contribution in [3.05, 3.63) is 59.8 Å². The maximum atomic E-state index is 12.5. The summed E-state index contributed by atoms with van der Waals surface area (Å²) < 4.78 is 27.6. The Hall–Kier alpha value is -3.50. The quantitative estimate of drug-likeness (QED) is 0.470. The molecule has 0 saturated heterocycles. The van der Waals surface area contributed by atoms with Crippen LogP contribution in [0.15, 0.2) is 53.6 Å². The fourth-order valence-corrected chi connectivity index (χ4v) is 5.04. The van der Waals surface area contributed by atoms with E-state index in [1.807, 2.05) is 25.1 Å². The van der Waals surface area contributed by atoms with Crippen molar-refractivity contribution in [1.82, 2.24) is 14.7 Å². The molecular formula is C24H28N6O3S. The van der Waals surface area contributed by atoms with Crippen LogP contribution in [0.25, 0.3) is 0 Å². The molecule has 0 atom stereocenters. The van der Waals surface area contributed by atoms with Crippen molar-refractivity contribution in [2.45, 2.75) is 44.6 Å². The zero-order valence-corrected chi connectivity index (χ0v) is 20.4. The van der Waals surface area contributed by atoms with Gasteiger partial charge in [-0.3, -0.25) is 4.79 Å². The van der Waals surface area contributed by atoms with Gasteiger partial charge >= 0.3 is 0 Å². The van der Waals surface area contributed by atoms with Crippen LogP contribution in [0.4, 0.5) is 28.8 Å². The number of aryl methyl sites for hydroxylation is 2. The number of carbonyl (C=O) groups excluding carboxylic acids is 1. The van der Waals surface area contributed by atoms with E-state index in [-0.39, 0.29) is 16.8 Å². The number of rotatable bonds is 7. The molecule has 0 bridgehead atoms. The van der Waals surface area contributed by atoms with Crippen LogP contribution in [0.5, 0.6) is 0 Å². The van der Waals surface area contributed by atoms with Crippen molar-refractivity contribution in [1.29, 1.82) is 0 Å². The highest BCUT2D eigenvalue weighted by Crippen LogP contribution is 2.31. The lowest BCUT2D eigenvalue weighted by Crippen LogP contribution is -2.31. The molecule has 34 heavy (non-hydrogen) atoms. The topological polar surface area (TPSA) is 116 Å². The van der Waals surface area contributed by atoms with Crippen molar-refractivity contribution in [2.24, 2.45) is 0 Å². The second kappa shape index (κ2) is 9.40. The first-order chi connectivity index (χ1) is 16.1. The van der Waals surface area contributed by atoms with Crippen molar-refractivity contribution >= 4 is 44.8 Å². The van der Waals surface area contributed by atoms with E-state index < -0.39 is 10.0 Å². The van der Waals surface area contributed by atoms with E-state index in [9.17, 15) is 13.2 Å². The largest absolute Gasteiger partial charge is 0.340 e. The van der Waals surface area contributed by atoms with Gasteiger partial charge in [-0.25, -0.2) is 18.1 Å². The van der Waals surface area contributed by atoms with Gasteiger partial charge in [0.05, 0.1) is 4.90 Å². The predicted octanol–water partition coefficient (Wildman–Crippen LogP) is 3.87. The second-order valence-corrected chi connectivity index (χ2v) is 10.3. The van der Waals surface area contributed by atoms with E-state index in [1.54, 1.807) is 56.3 Å². The van der Waals surface area contributed by atoms with E-state index in [1.165, 1.54) is 0 Å². The first-order valence-electron chi connectivity index (χ1n) is 11.0. The Balaban J connectivity index is 1.55. The third-order valence-corrected chi connectivity index (χ3v) is 7.11. The summed E-state index contributed by atoms with van der Waals surface area (Å²) in [6, 6.07) is 12.2. The Morgan fingerprint density at radius 2 is 1.79 bits per heavy atom. The van der Waals surface area contributed by atoms with Gasteiger partial charge in [0.2, 0.25) is 21.9 Å². The highest BCUT2D eigenvalue weighted by Gasteiger charge is 2.21. The average Bonchev–Trinajstić information content (AvgIpc) is 2.78. The van der Waals surface area contributed by atoms with Crippen LogP contribution in [0.2, 0.25) is 0 Å². The molecule has 0 fully saturated rings. The Labute approximate surface area is 199 Å². The van der Waals surface area contributed by atoms with Crippen LogP contribution >= 0.6 is 0 Å². The average molecular weight is 481 g/mol. The van der Waals surface area contributed by atoms with Crippen molar-refractivity contribution in [3.63, 3.8) is 0 Å². The van der Waals surface area contributed by atoms with E-state index in [4.69, 9.17) is 0 Å². The van der Waals surface area contributed by atoms with Crippen LogP contribution in [0, 0.1) is 6.92 Å². The number of amides is 1. The number of sulfonamides is 1. The van der Waals surface area contributed by atoms with Crippen molar-refractivity contribution < 1.29 is 13.2 Å². The van der Waals surface area contributed by atoms with Gasteiger partial charge < -0.3 is 15.5 Å². The van der Waals surface area contributed by atoms with E-state index in [0.29, 0.717) is 30.3 Å². The Morgan fingerprint density at radius 1 is 1.03 bits per heavy atom. The summed E-state index contributed by atoms with van der Waals surface area (Å²) in [5.74, 6) is 1.08. The minimum Gasteiger partial charge on any atom is -0.340 e. The summed E-state index contributed by atoms with van der Waals surface area (Å²) in [7, 11) is -1.82. The van der Waals surface area contributed by atoms with Gasteiger partial charge in [0.25, 0.3) is 0 Å². The summed E-state index contributed by atoms with van der Waals surface area (Å²) in [6.45, 7) is 5.45. The number of carbonyl (C=O) groups is 1. The minimum atomic E-state index is -3.61. The summed E-state index contributed by atoms with van der Waals surface area (Å²) in [6.07, 6.45) is 2.90. The summed E-state index contributed by atoms with van der Waals surface area (Å²) in [5.41, 5.74) is 4.30. The van der Waals surface area contributed by atoms with Crippen LogP contribution in [0.1, 0.15) is 31.4 Å². The van der Waals surface area contributed by atoms with Crippen molar-refractivity contribution in [2.75, 3.05) is 22.6 Å². The molecule has 3 aromatic rings. The lowest BCUT2D eigenvalue weighted by atomic mass is 10.0. The maximum Gasteiger partial charge on any atom is 0.240 e. The molecule has 1 aromatic heterocycles. The zero-order valence-electron chi connectivity index (χ0n) is 19.6. The fraction of sp³-hybridized carbons (Fsp3) is 0.292. The first kappa shape index (κ1) is 23.7. The third kappa shape index (κ3) is 5.18. The van der Waals surface area contributed by atoms with Crippen LogP contribution in [-0.4, -0.2) is 37.4 Å². The Morgan fingerprint density at radius 3 is 2.56 bits per heavy atom. The molecule has 1 aliphatic rings. The molecule has 0 unspecified atom stereocenters. The molecule has 2 aromatic carbocycles. The van der Waals surface area contributed by atoms with Gasteiger partial charge in [-0.05, 0) is 69.2 Å². The van der Waals surface area contributed by atoms with Gasteiger partial charge in [-0.15, -0.1) is 0 Å². The van der Waals surface area contributed by atoms with Gasteiger partial charge in [0.1, 0.15) is 5.82 Å². The third-order valence-electron chi connectivity index (χ3n) is 5.45. The molecular weight excluding hydrogens is 452 g/mol. The smallest absolute Gasteiger partial charge is 0.240 e. The number of benzene rings is 2. The van der Waals surface area contributed by atoms with Crippen LogP contribution < -0.4 is 20.3 Å². The van der Waals surface area contributed by atoms with E-state index in [0.717, 1.165) is 22.5 Å². The summed E-state index contributed by atoms with van der Waals surface area (Å²) in [4.78, 5) is 22.7. The zero-order chi connectivity index (χ0) is 24.5. The van der Waals surface area contributed by atoms with Gasteiger partial charge in [-0.2, -0.15) is 4.98 Å². The standard InChI is InChI=1S/C24H28N6O3S/c1-15(2)29-34(32,33)20-7-5-6-18(13-20)27-24-25-14-16(3)23(28-24)26-19-9-10-21-17(12-19)8-11-22(31)30(21)4/h5-7,9-10,12-15,29H,8,11H2,1-4H3,(H2,25,26,27,28). The van der Waals surface area contributed by atoms with E-state index in [2.05, 4.69) is 25.3 Å². The number of aromatic nitrogens is 2. The highest BCUT2D eigenvalue weighted by atomic mass is 32.2. The number of fused-ring (bicyclic) bond motifs is 1. The maximum absolute atomic E-state index is 12.5. The molecule has 1 aliphatic heterocycles. The molecule has 0 radical (unpaired) electrons. The van der Waals surface area contributed by atoms with Gasteiger partial charge in [0, 0.05) is 48.3 Å². The fourth-order valence-electron chi connectivity index (χ4n) is 3.75. The van der Waals surface area contributed by atoms with Crippen molar-refractivity contribution in [3.8, 4) is 0 Å².